The molecule has 0 aliphatic carbocycles. The fourth-order valence-corrected chi connectivity index (χ4v) is 2.07. The van der Waals surface area contributed by atoms with Crippen molar-refractivity contribution in [2.45, 2.75) is 45.9 Å². The molecule has 0 aromatic carbocycles. The number of hydrogen-bond donors (Lipinski definition) is 1. The van der Waals surface area contributed by atoms with Gasteiger partial charge in [-0.2, -0.15) is 5.10 Å². The van der Waals surface area contributed by atoms with Crippen LogP contribution in [0.25, 0.3) is 0 Å². The van der Waals surface area contributed by atoms with E-state index in [2.05, 4.69) is 24.7 Å². The van der Waals surface area contributed by atoms with Gasteiger partial charge in [0.15, 0.2) is 0 Å². The number of aromatic nitrogens is 2. The van der Waals surface area contributed by atoms with E-state index in [9.17, 15) is 0 Å². The van der Waals surface area contributed by atoms with Crippen LogP contribution >= 0.6 is 0 Å². The quantitative estimate of drug-likeness (QED) is 0.613. The topological polar surface area (TPSA) is 47.3 Å². The highest BCUT2D eigenvalue weighted by Gasteiger charge is 2.12. The molecule has 16 heavy (non-hydrogen) atoms. The van der Waals surface area contributed by atoms with Crippen LogP contribution in [-0.4, -0.2) is 29.6 Å². The van der Waals surface area contributed by atoms with Gasteiger partial charge in [-0.1, -0.05) is 19.6 Å². The van der Waals surface area contributed by atoms with Crippen molar-refractivity contribution < 1.29 is 9.84 Å². The van der Waals surface area contributed by atoms with Gasteiger partial charge in [0.1, 0.15) is 6.73 Å². The first-order valence-corrected chi connectivity index (χ1v) is 9.35. The number of nitrogens with zero attached hydrogens (tertiary/aromatic N) is 2. The Kier molecular flexibility index (Phi) is 4.70. The van der Waals surface area contributed by atoms with E-state index in [1.807, 2.05) is 13.0 Å². The number of aryl methyl sites for hydroxylation is 1. The summed E-state index contributed by atoms with van der Waals surface area (Å²) < 4.78 is 7.38. The number of hydrogen-bond acceptors (Lipinski definition) is 3. The Labute approximate surface area is 98.2 Å². The Morgan fingerprint density at radius 3 is 2.62 bits per heavy atom. The van der Waals surface area contributed by atoms with Crippen molar-refractivity contribution >= 4 is 8.07 Å². The Hall–Kier alpha value is -0.653. The highest BCUT2D eigenvalue weighted by Crippen LogP contribution is 2.08. The van der Waals surface area contributed by atoms with E-state index in [-0.39, 0.29) is 6.61 Å². The second-order valence-electron chi connectivity index (χ2n) is 5.28. The van der Waals surface area contributed by atoms with Gasteiger partial charge in [-0.05, 0) is 19.0 Å². The van der Waals surface area contributed by atoms with Crippen LogP contribution in [0.5, 0.6) is 0 Å². The van der Waals surface area contributed by atoms with Crippen LogP contribution < -0.4 is 0 Å². The summed E-state index contributed by atoms with van der Waals surface area (Å²) in [5, 5.41) is 13.2. The lowest BCUT2D eigenvalue weighted by molar-refractivity contribution is 0.0764. The number of rotatable bonds is 6. The maximum atomic E-state index is 8.94. The lowest BCUT2D eigenvalue weighted by Gasteiger charge is -2.15. The third-order valence-corrected chi connectivity index (χ3v) is 4.11. The van der Waals surface area contributed by atoms with Crippen molar-refractivity contribution in [3.63, 3.8) is 0 Å². The molecule has 0 aliphatic heterocycles. The van der Waals surface area contributed by atoms with Crippen molar-refractivity contribution in [3.05, 3.63) is 17.5 Å². The average molecular weight is 242 g/mol. The van der Waals surface area contributed by atoms with Crippen molar-refractivity contribution in [3.8, 4) is 0 Å². The molecule has 5 heteroatoms. The first-order valence-electron chi connectivity index (χ1n) is 5.64. The van der Waals surface area contributed by atoms with E-state index >= 15 is 0 Å². The SMILES string of the molecule is Cc1cc(CO)nn1COCC[Si](C)(C)C. The molecule has 0 aliphatic rings. The molecule has 0 spiro atoms. The zero-order chi connectivity index (χ0) is 12.2. The third kappa shape index (κ3) is 4.47. The minimum Gasteiger partial charge on any atom is -0.390 e. The summed E-state index contributed by atoms with van der Waals surface area (Å²) in [7, 11) is -1.01. The van der Waals surface area contributed by atoms with Gasteiger partial charge in [0.25, 0.3) is 0 Å². The smallest absolute Gasteiger partial charge is 0.139 e. The molecule has 0 saturated carbocycles. The summed E-state index contributed by atoms with van der Waals surface area (Å²) in [6.45, 7) is 10.2. The fraction of sp³-hybridized carbons (Fsp3) is 0.727. The molecule has 1 aromatic heterocycles. The third-order valence-electron chi connectivity index (χ3n) is 2.40. The minimum atomic E-state index is -1.01. The zero-order valence-electron chi connectivity index (χ0n) is 10.7. The molecule has 0 amide bonds. The van der Waals surface area contributed by atoms with Crippen molar-refractivity contribution in [2.24, 2.45) is 0 Å². The standard InChI is InChI=1S/C11H22N2O2Si/c1-10-7-11(8-14)12-13(10)9-15-5-6-16(2,3)4/h7,14H,5-6,8-9H2,1-4H3. The van der Waals surface area contributed by atoms with E-state index in [4.69, 9.17) is 9.84 Å². The number of ether oxygens (including phenoxy) is 1. The first kappa shape index (κ1) is 13.4. The summed E-state index contributed by atoms with van der Waals surface area (Å²) in [4.78, 5) is 0. The summed E-state index contributed by atoms with van der Waals surface area (Å²) in [6.07, 6.45) is 0. The van der Waals surface area contributed by atoms with Crippen LogP contribution in [0.3, 0.4) is 0 Å². The average Bonchev–Trinajstić information content (AvgIpc) is 2.53. The van der Waals surface area contributed by atoms with Gasteiger partial charge < -0.3 is 9.84 Å². The van der Waals surface area contributed by atoms with E-state index in [1.54, 1.807) is 4.68 Å². The Balaban J connectivity index is 2.34. The van der Waals surface area contributed by atoms with Crippen LogP contribution in [0, 0.1) is 6.92 Å². The van der Waals surface area contributed by atoms with Crippen LogP contribution in [0.1, 0.15) is 11.4 Å². The monoisotopic (exact) mass is 242 g/mol. The summed E-state index contributed by atoms with van der Waals surface area (Å²) >= 11 is 0. The molecule has 1 N–H and O–H groups in total. The van der Waals surface area contributed by atoms with Gasteiger partial charge in [0.2, 0.25) is 0 Å². The molecular weight excluding hydrogens is 220 g/mol. The summed E-state index contributed by atoms with van der Waals surface area (Å²) in [6, 6.07) is 3.04. The zero-order valence-corrected chi connectivity index (χ0v) is 11.7. The molecule has 1 aromatic rings. The minimum absolute atomic E-state index is 0.0112. The maximum absolute atomic E-state index is 8.94. The highest BCUT2D eigenvalue weighted by atomic mass is 28.3. The van der Waals surface area contributed by atoms with Crippen LogP contribution in [-0.2, 0) is 18.1 Å². The van der Waals surface area contributed by atoms with Crippen LogP contribution in [0.15, 0.2) is 6.07 Å². The molecule has 0 saturated heterocycles. The van der Waals surface area contributed by atoms with Gasteiger partial charge >= 0.3 is 0 Å². The van der Waals surface area contributed by atoms with E-state index in [0.717, 1.165) is 12.3 Å². The predicted molar refractivity (Wildman–Crippen MR) is 67.0 cm³/mol. The predicted octanol–water partition coefficient (Wildman–Crippen LogP) is 2.00. The molecule has 92 valence electrons. The second-order valence-corrected chi connectivity index (χ2v) is 10.9. The largest absolute Gasteiger partial charge is 0.390 e. The normalized spacial score (nSPS) is 12.1. The molecule has 1 heterocycles. The number of aliphatic hydroxyl groups is 1. The van der Waals surface area contributed by atoms with Crippen molar-refractivity contribution in [1.82, 2.24) is 9.78 Å². The van der Waals surface area contributed by atoms with Crippen LogP contribution in [0.4, 0.5) is 0 Å². The summed E-state index contributed by atoms with van der Waals surface area (Å²) in [5.41, 5.74) is 1.73. The lowest BCUT2D eigenvalue weighted by Crippen LogP contribution is -2.22. The van der Waals surface area contributed by atoms with Crippen LogP contribution in [0.2, 0.25) is 25.7 Å². The maximum Gasteiger partial charge on any atom is 0.139 e. The van der Waals surface area contributed by atoms with E-state index < -0.39 is 8.07 Å². The van der Waals surface area contributed by atoms with E-state index in [1.165, 1.54) is 6.04 Å². The molecule has 0 atom stereocenters. The Morgan fingerprint density at radius 2 is 2.12 bits per heavy atom. The molecule has 0 unspecified atom stereocenters. The molecule has 0 bridgehead atoms. The van der Waals surface area contributed by atoms with Gasteiger partial charge in [-0.25, -0.2) is 4.68 Å². The number of aliphatic hydroxyl groups excluding tert-OH is 1. The molecule has 4 nitrogen and oxygen atoms in total. The Bertz CT molecular complexity index is 331. The summed E-state index contributed by atoms with van der Waals surface area (Å²) in [5.74, 6) is 0. The van der Waals surface area contributed by atoms with Gasteiger partial charge in [-0.3, -0.25) is 0 Å². The second kappa shape index (κ2) is 5.61. The molecule has 1 rings (SSSR count). The fourth-order valence-electron chi connectivity index (χ4n) is 1.32. The van der Waals surface area contributed by atoms with E-state index in [0.29, 0.717) is 12.4 Å². The van der Waals surface area contributed by atoms with Crippen molar-refractivity contribution in [2.75, 3.05) is 6.61 Å². The van der Waals surface area contributed by atoms with Gasteiger partial charge in [0, 0.05) is 20.4 Å². The van der Waals surface area contributed by atoms with Crippen molar-refractivity contribution in [1.29, 1.82) is 0 Å². The first-order chi connectivity index (χ1) is 7.42. The molecule has 0 radical (unpaired) electrons. The lowest BCUT2D eigenvalue weighted by atomic mass is 10.4. The highest BCUT2D eigenvalue weighted by molar-refractivity contribution is 6.76. The molecular formula is C11H22N2O2Si. The molecule has 0 fully saturated rings. The van der Waals surface area contributed by atoms with Gasteiger partial charge in [-0.15, -0.1) is 0 Å². The Morgan fingerprint density at radius 1 is 1.44 bits per heavy atom. The van der Waals surface area contributed by atoms with Gasteiger partial charge in [0.05, 0.1) is 12.3 Å².